The number of carbonyl (C=O) groups is 1. The van der Waals surface area contributed by atoms with Gasteiger partial charge in [0, 0.05) is 12.5 Å². The van der Waals surface area contributed by atoms with E-state index in [9.17, 15) is 9.90 Å². The van der Waals surface area contributed by atoms with E-state index in [0.29, 0.717) is 13.2 Å². The summed E-state index contributed by atoms with van der Waals surface area (Å²) in [5.41, 5.74) is 4.39. The first-order valence-electron chi connectivity index (χ1n) is 8.37. The molecule has 1 amide bonds. The molecule has 1 saturated heterocycles. The molecule has 1 unspecified atom stereocenters. The van der Waals surface area contributed by atoms with Crippen LogP contribution in [0.2, 0.25) is 0 Å². The molecule has 2 aromatic rings. The van der Waals surface area contributed by atoms with Crippen LogP contribution in [-0.4, -0.2) is 41.4 Å². The van der Waals surface area contributed by atoms with Crippen molar-refractivity contribution in [2.24, 2.45) is 0 Å². The minimum absolute atomic E-state index is 0.0306. The van der Waals surface area contributed by atoms with E-state index >= 15 is 0 Å². The van der Waals surface area contributed by atoms with Crippen molar-refractivity contribution in [2.75, 3.05) is 19.8 Å². The van der Waals surface area contributed by atoms with Crippen LogP contribution in [0.1, 0.15) is 30.4 Å². The number of hydrogen-bond acceptors (Lipinski definition) is 3. The third-order valence-electron chi connectivity index (χ3n) is 5.42. The number of likely N-dealkylation sites (tertiary alicyclic amines) is 1. The van der Waals surface area contributed by atoms with Gasteiger partial charge in [0.25, 0.3) is 0 Å². The van der Waals surface area contributed by atoms with E-state index in [4.69, 9.17) is 4.74 Å². The van der Waals surface area contributed by atoms with Gasteiger partial charge in [0.05, 0.1) is 12.1 Å². The topological polar surface area (TPSA) is 49.8 Å². The lowest BCUT2D eigenvalue weighted by Gasteiger charge is -2.48. The highest BCUT2D eigenvalue weighted by molar-refractivity contribution is 5.79. The Bertz CT molecular complexity index is 738. The van der Waals surface area contributed by atoms with Crippen molar-refractivity contribution in [1.29, 1.82) is 0 Å². The van der Waals surface area contributed by atoms with Gasteiger partial charge in [-0.25, -0.2) is 4.79 Å². The van der Waals surface area contributed by atoms with Crippen molar-refractivity contribution < 1.29 is 14.6 Å². The van der Waals surface area contributed by atoms with Gasteiger partial charge >= 0.3 is 6.09 Å². The molecule has 1 N–H and O–H groups in total. The highest BCUT2D eigenvalue weighted by atomic mass is 16.6. The van der Waals surface area contributed by atoms with Crippen molar-refractivity contribution in [1.82, 2.24) is 4.90 Å². The average molecular weight is 323 g/mol. The molecule has 0 saturated carbocycles. The second kappa shape index (κ2) is 5.64. The number of carbonyl (C=O) groups excluding carboxylic acids is 1. The van der Waals surface area contributed by atoms with Crippen LogP contribution in [-0.2, 0) is 4.74 Å². The van der Waals surface area contributed by atoms with Crippen LogP contribution in [0.4, 0.5) is 4.79 Å². The van der Waals surface area contributed by atoms with E-state index in [2.05, 4.69) is 24.3 Å². The van der Waals surface area contributed by atoms with Gasteiger partial charge in [-0.15, -0.1) is 0 Å². The zero-order valence-corrected chi connectivity index (χ0v) is 13.7. The van der Waals surface area contributed by atoms with Crippen LogP contribution >= 0.6 is 0 Å². The van der Waals surface area contributed by atoms with E-state index in [-0.39, 0.29) is 18.6 Å². The maximum absolute atomic E-state index is 12.4. The Balaban J connectivity index is 1.54. The van der Waals surface area contributed by atoms with Gasteiger partial charge in [-0.1, -0.05) is 48.5 Å². The van der Waals surface area contributed by atoms with Crippen LogP contribution in [0, 0.1) is 0 Å². The number of aliphatic hydroxyl groups is 1. The molecule has 4 rings (SSSR count). The van der Waals surface area contributed by atoms with E-state index in [1.165, 1.54) is 22.3 Å². The summed E-state index contributed by atoms with van der Waals surface area (Å²) < 4.78 is 5.62. The standard InChI is InChI=1S/C20H21NO3/c1-20(13-22)10-11-21(20)19(23)24-12-18-16-8-4-2-6-14(16)15-7-3-5-9-17(15)18/h2-9,18,22H,10-13H2,1H3. The Kier molecular flexibility index (Phi) is 3.57. The summed E-state index contributed by atoms with van der Waals surface area (Å²) in [6, 6.07) is 16.6. The predicted molar refractivity (Wildman–Crippen MR) is 91.9 cm³/mol. The number of hydrogen-bond donors (Lipinski definition) is 1. The molecular formula is C20H21NO3. The second-order valence-corrected chi connectivity index (χ2v) is 6.86. The maximum atomic E-state index is 12.4. The minimum Gasteiger partial charge on any atom is -0.448 e. The molecule has 1 fully saturated rings. The van der Waals surface area contributed by atoms with Crippen molar-refractivity contribution >= 4 is 6.09 Å². The summed E-state index contributed by atoms with van der Waals surface area (Å²) in [5.74, 6) is 0.0722. The van der Waals surface area contributed by atoms with Crippen LogP contribution in [0.25, 0.3) is 11.1 Å². The molecule has 1 aliphatic heterocycles. The average Bonchev–Trinajstić information content (AvgIpc) is 2.92. The molecule has 4 heteroatoms. The fourth-order valence-corrected chi connectivity index (χ4v) is 3.75. The summed E-state index contributed by atoms with van der Waals surface area (Å²) in [5, 5.41) is 9.46. The SMILES string of the molecule is CC1(CO)CCN1C(=O)OCC1c2ccccc2-c2ccccc21. The zero-order chi connectivity index (χ0) is 16.7. The quantitative estimate of drug-likeness (QED) is 0.942. The number of amides is 1. The van der Waals surface area contributed by atoms with Crippen molar-refractivity contribution in [2.45, 2.75) is 24.8 Å². The highest BCUT2D eigenvalue weighted by Crippen LogP contribution is 2.44. The summed E-state index contributed by atoms with van der Waals surface area (Å²) in [4.78, 5) is 14.0. The third kappa shape index (κ3) is 2.21. The molecule has 4 nitrogen and oxygen atoms in total. The number of fused-ring (bicyclic) bond motifs is 3. The predicted octanol–water partition coefficient (Wildman–Crippen LogP) is 3.39. The molecule has 0 aromatic heterocycles. The van der Waals surface area contributed by atoms with Gasteiger partial charge in [-0.2, -0.15) is 0 Å². The Labute approximate surface area is 141 Å². The summed E-state index contributed by atoms with van der Waals surface area (Å²) in [7, 11) is 0. The van der Waals surface area contributed by atoms with Gasteiger partial charge in [0.2, 0.25) is 0 Å². The van der Waals surface area contributed by atoms with Gasteiger partial charge in [0.15, 0.2) is 0 Å². The zero-order valence-electron chi connectivity index (χ0n) is 13.7. The lowest BCUT2D eigenvalue weighted by molar-refractivity contribution is -0.0351. The molecule has 1 heterocycles. The van der Waals surface area contributed by atoms with Gasteiger partial charge < -0.3 is 14.7 Å². The fraction of sp³-hybridized carbons (Fsp3) is 0.350. The number of aliphatic hydroxyl groups excluding tert-OH is 1. The Morgan fingerprint density at radius 1 is 1.17 bits per heavy atom. The van der Waals surface area contributed by atoms with E-state index in [0.717, 1.165) is 6.42 Å². The van der Waals surface area contributed by atoms with E-state index < -0.39 is 5.54 Å². The highest BCUT2D eigenvalue weighted by Gasteiger charge is 2.44. The molecular weight excluding hydrogens is 302 g/mol. The van der Waals surface area contributed by atoms with E-state index in [1.54, 1.807) is 4.90 Å². The second-order valence-electron chi connectivity index (χ2n) is 6.86. The number of rotatable bonds is 3. The number of benzene rings is 2. The fourth-order valence-electron chi connectivity index (χ4n) is 3.75. The smallest absolute Gasteiger partial charge is 0.410 e. The van der Waals surface area contributed by atoms with Gasteiger partial charge in [-0.05, 0) is 35.6 Å². The largest absolute Gasteiger partial charge is 0.448 e. The Hall–Kier alpha value is -2.33. The molecule has 0 radical (unpaired) electrons. The number of nitrogens with zero attached hydrogens (tertiary/aromatic N) is 1. The van der Waals surface area contributed by atoms with Crippen molar-refractivity contribution in [3.05, 3.63) is 59.7 Å². The summed E-state index contributed by atoms with van der Waals surface area (Å²) in [6.07, 6.45) is 0.480. The summed E-state index contributed by atoms with van der Waals surface area (Å²) in [6.45, 7) is 2.83. The molecule has 1 atom stereocenters. The van der Waals surface area contributed by atoms with Crippen LogP contribution in [0.3, 0.4) is 0 Å². The molecule has 0 bridgehead atoms. The van der Waals surface area contributed by atoms with Crippen molar-refractivity contribution in [3.63, 3.8) is 0 Å². The molecule has 24 heavy (non-hydrogen) atoms. The molecule has 1 aliphatic carbocycles. The van der Waals surface area contributed by atoms with E-state index in [1.807, 2.05) is 31.2 Å². The molecule has 2 aromatic carbocycles. The normalized spacial score (nSPS) is 21.8. The van der Waals surface area contributed by atoms with Crippen LogP contribution < -0.4 is 0 Å². The maximum Gasteiger partial charge on any atom is 0.410 e. The Morgan fingerprint density at radius 2 is 1.75 bits per heavy atom. The first-order valence-corrected chi connectivity index (χ1v) is 8.37. The van der Waals surface area contributed by atoms with Gasteiger partial charge in [-0.3, -0.25) is 0 Å². The monoisotopic (exact) mass is 323 g/mol. The lowest BCUT2D eigenvalue weighted by Crippen LogP contribution is -2.62. The van der Waals surface area contributed by atoms with Crippen molar-refractivity contribution in [3.8, 4) is 11.1 Å². The number of ether oxygens (including phenoxy) is 1. The molecule has 2 aliphatic rings. The minimum atomic E-state index is -0.470. The third-order valence-corrected chi connectivity index (χ3v) is 5.42. The summed E-state index contributed by atoms with van der Waals surface area (Å²) >= 11 is 0. The lowest BCUT2D eigenvalue weighted by atomic mass is 9.88. The molecule has 0 spiro atoms. The van der Waals surface area contributed by atoms with Crippen LogP contribution in [0.5, 0.6) is 0 Å². The Morgan fingerprint density at radius 3 is 2.25 bits per heavy atom. The van der Waals surface area contributed by atoms with Crippen LogP contribution in [0.15, 0.2) is 48.5 Å². The first-order chi connectivity index (χ1) is 11.6. The molecule has 124 valence electrons. The van der Waals surface area contributed by atoms with Gasteiger partial charge in [0.1, 0.15) is 6.61 Å². The first kappa shape index (κ1) is 15.2.